The quantitative estimate of drug-likeness (QED) is 0.730. The Bertz CT molecular complexity index is 664. The number of nitrogens with zero attached hydrogens (tertiary/aromatic N) is 2. The van der Waals surface area contributed by atoms with Gasteiger partial charge in [-0.25, -0.2) is 4.39 Å². The van der Waals surface area contributed by atoms with Crippen LogP contribution in [-0.4, -0.2) is 12.3 Å². The van der Waals surface area contributed by atoms with Gasteiger partial charge in [0.25, 0.3) is 0 Å². The maximum Gasteiger partial charge on any atom is 0.125 e. The van der Waals surface area contributed by atoms with Crippen LogP contribution in [-0.2, 0) is 0 Å². The monoisotopic (exact) mass is 300 g/mol. The summed E-state index contributed by atoms with van der Waals surface area (Å²) in [6.07, 6.45) is 0. The molecule has 0 radical (unpaired) electrons. The summed E-state index contributed by atoms with van der Waals surface area (Å²) in [7, 11) is 0. The summed E-state index contributed by atoms with van der Waals surface area (Å²) in [5.41, 5.74) is 2.23. The Labute approximate surface area is 129 Å². The van der Waals surface area contributed by atoms with Gasteiger partial charge >= 0.3 is 0 Å². The van der Waals surface area contributed by atoms with Crippen molar-refractivity contribution < 1.29 is 4.39 Å². The lowest BCUT2D eigenvalue weighted by Crippen LogP contribution is -2.17. The van der Waals surface area contributed by atoms with E-state index in [1.807, 2.05) is 36.1 Å². The molecule has 0 fully saturated rings. The molecule has 0 saturated carbocycles. The second-order valence-corrected chi connectivity index (χ2v) is 5.73. The molecule has 21 heavy (non-hydrogen) atoms. The number of rotatable bonds is 5. The zero-order valence-electron chi connectivity index (χ0n) is 12.1. The Morgan fingerprint density at radius 2 is 1.95 bits per heavy atom. The lowest BCUT2D eigenvalue weighted by atomic mass is 10.1. The third-order valence-electron chi connectivity index (χ3n) is 3.14. The molecule has 0 spiro atoms. The highest BCUT2D eigenvalue weighted by atomic mass is 32.2. The Kier molecular flexibility index (Phi) is 5.24. The van der Waals surface area contributed by atoms with Crippen LogP contribution in [0.1, 0.15) is 19.4 Å². The smallest absolute Gasteiger partial charge is 0.125 e. The van der Waals surface area contributed by atoms with Gasteiger partial charge in [0.2, 0.25) is 0 Å². The second kappa shape index (κ2) is 7.14. The minimum absolute atomic E-state index is 0.274. The fourth-order valence-corrected chi connectivity index (χ4v) is 3.05. The van der Waals surface area contributed by atoms with Gasteiger partial charge in [-0.1, -0.05) is 19.1 Å². The molecular formula is C17H17FN2S. The standard InChI is InChI=1S/C17H17FN2S/c1-3-20(14-8-5-7-13(18)11-14)16-9-6-10-17(21-4-2)15(16)12-19/h5-11H,3-4H2,1-2H3. The van der Waals surface area contributed by atoms with Crippen LogP contribution in [0, 0.1) is 17.1 Å². The Morgan fingerprint density at radius 3 is 2.57 bits per heavy atom. The molecule has 2 aromatic carbocycles. The highest BCUT2D eigenvalue weighted by Crippen LogP contribution is 2.34. The van der Waals surface area contributed by atoms with Gasteiger partial charge in [-0.2, -0.15) is 5.26 Å². The molecule has 0 unspecified atom stereocenters. The van der Waals surface area contributed by atoms with E-state index in [0.29, 0.717) is 12.1 Å². The zero-order chi connectivity index (χ0) is 15.2. The van der Waals surface area contributed by atoms with E-state index in [0.717, 1.165) is 22.0 Å². The molecule has 108 valence electrons. The van der Waals surface area contributed by atoms with Crippen molar-refractivity contribution in [1.82, 2.24) is 0 Å². The highest BCUT2D eigenvalue weighted by molar-refractivity contribution is 7.99. The van der Waals surface area contributed by atoms with Crippen molar-refractivity contribution in [2.24, 2.45) is 0 Å². The molecule has 0 aromatic heterocycles. The van der Waals surface area contributed by atoms with Gasteiger partial charge in [0.15, 0.2) is 0 Å². The van der Waals surface area contributed by atoms with Crippen molar-refractivity contribution in [1.29, 1.82) is 5.26 Å². The van der Waals surface area contributed by atoms with Crippen LogP contribution >= 0.6 is 11.8 Å². The summed E-state index contributed by atoms with van der Waals surface area (Å²) in [6, 6.07) is 14.5. The van der Waals surface area contributed by atoms with E-state index < -0.39 is 0 Å². The number of hydrogen-bond acceptors (Lipinski definition) is 3. The maximum absolute atomic E-state index is 13.5. The normalized spacial score (nSPS) is 10.2. The van der Waals surface area contributed by atoms with Gasteiger partial charge in [-0.3, -0.25) is 0 Å². The first-order chi connectivity index (χ1) is 10.2. The predicted octanol–water partition coefficient (Wildman–Crippen LogP) is 4.97. The van der Waals surface area contributed by atoms with Gasteiger partial charge in [0.05, 0.1) is 11.3 Å². The molecule has 0 atom stereocenters. The van der Waals surface area contributed by atoms with Crippen molar-refractivity contribution in [3.05, 3.63) is 53.8 Å². The van der Waals surface area contributed by atoms with Crippen molar-refractivity contribution in [3.8, 4) is 6.07 Å². The fraction of sp³-hybridized carbons (Fsp3) is 0.235. The molecular weight excluding hydrogens is 283 g/mol. The number of halogens is 1. The summed E-state index contributed by atoms with van der Waals surface area (Å²) >= 11 is 1.64. The van der Waals surface area contributed by atoms with Crippen LogP contribution in [0.5, 0.6) is 0 Å². The lowest BCUT2D eigenvalue weighted by Gasteiger charge is -2.25. The highest BCUT2D eigenvalue weighted by Gasteiger charge is 2.15. The lowest BCUT2D eigenvalue weighted by molar-refractivity contribution is 0.627. The topological polar surface area (TPSA) is 27.0 Å². The predicted molar refractivity (Wildman–Crippen MR) is 86.6 cm³/mol. The van der Waals surface area contributed by atoms with Crippen molar-refractivity contribution in [2.75, 3.05) is 17.2 Å². The molecule has 2 rings (SSSR count). The van der Waals surface area contributed by atoms with Gasteiger partial charge in [-0.05, 0) is 43.0 Å². The summed E-state index contributed by atoms with van der Waals surface area (Å²) in [6.45, 7) is 4.72. The molecule has 0 aliphatic heterocycles. The van der Waals surface area contributed by atoms with E-state index >= 15 is 0 Å². The van der Waals surface area contributed by atoms with Crippen molar-refractivity contribution >= 4 is 23.1 Å². The number of hydrogen-bond donors (Lipinski definition) is 0. The summed E-state index contributed by atoms with van der Waals surface area (Å²) in [4.78, 5) is 2.92. The zero-order valence-corrected chi connectivity index (χ0v) is 13.0. The first kappa shape index (κ1) is 15.4. The molecule has 2 nitrogen and oxygen atoms in total. The van der Waals surface area contributed by atoms with Crippen LogP contribution in [0.4, 0.5) is 15.8 Å². The molecule has 0 bridgehead atoms. The first-order valence-electron chi connectivity index (χ1n) is 6.90. The van der Waals surface area contributed by atoms with Crippen LogP contribution in [0.25, 0.3) is 0 Å². The summed E-state index contributed by atoms with van der Waals surface area (Å²) in [5.74, 6) is 0.632. The van der Waals surface area contributed by atoms with E-state index in [4.69, 9.17) is 0 Å². The van der Waals surface area contributed by atoms with Crippen molar-refractivity contribution in [3.63, 3.8) is 0 Å². The molecule has 2 aromatic rings. The third-order valence-corrected chi connectivity index (χ3v) is 4.08. The number of benzene rings is 2. The van der Waals surface area contributed by atoms with E-state index in [1.54, 1.807) is 17.8 Å². The van der Waals surface area contributed by atoms with E-state index in [-0.39, 0.29) is 5.82 Å². The Balaban J connectivity index is 2.53. The number of anilines is 2. The largest absolute Gasteiger partial charge is 0.341 e. The molecule has 0 saturated heterocycles. The summed E-state index contributed by atoms with van der Waals surface area (Å²) < 4.78 is 13.5. The molecule has 4 heteroatoms. The SMILES string of the molecule is CCSc1cccc(N(CC)c2cccc(F)c2)c1C#N. The number of nitriles is 1. The Hall–Kier alpha value is -1.99. The van der Waals surface area contributed by atoms with Crippen LogP contribution in [0.3, 0.4) is 0 Å². The Morgan fingerprint density at radius 1 is 1.19 bits per heavy atom. The molecule has 0 heterocycles. The summed E-state index contributed by atoms with van der Waals surface area (Å²) in [5, 5.41) is 9.51. The average Bonchev–Trinajstić information content (AvgIpc) is 2.49. The van der Waals surface area contributed by atoms with Crippen LogP contribution < -0.4 is 4.90 Å². The molecule has 0 aliphatic carbocycles. The van der Waals surface area contributed by atoms with Gasteiger partial charge in [0.1, 0.15) is 11.9 Å². The minimum atomic E-state index is -0.274. The van der Waals surface area contributed by atoms with Crippen LogP contribution in [0.2, 0.25) is 0 Å². The van der Waals surface area contributed by atoms with Gasteiger partial charge in [0, 0.05) is 17.1 Å². The van der Waals surface area contributed by atoms with Crippen molar-refractivity contribution in [2.45, 2.75) is 18.7 Å². The van der Waals surface area contributed by atoms with Gasteiger partial charge in [-0.15, -0.1) is 11.8 Å². The van der Waals surface area contributed by atoms with E-state index in [1.165, 1.54) is 12.1 Å². The van der Waals surface area contributed by atoms with E-state index in [9.17, 15) is 9.65 Å². The van der Waals surface area contributed by atoms with Gasteiger partial charge < -0.3 is 4.90 Å². The molecule has 0 N–H and O–H groups in total. The second-order valence-electron chi connectivity index (χ2n) is 4.42. The molecule has 0 amide bonds. The number of thioether (sulfide) groups is 1. The maximum atomic E-state index is 13.5. The minimum Gasteiger partial charge on any atom is -0.341 e. The first-order valence-corrected chi connectivity index (χ1v) is 7.88. The average molecular weight is 300 g/mol. The fourth-order valence-electron chi connectivity index (χ4n) is 2.27. The molecule has 0 aliphatic rings. The van der Waals surface area contributed by atoms with Crippen LogP contribution in [0.15, 0.2) is 47.4 Å². The third kappa shape index (κ3) is 3.37. The van der Waals surface area contributed by atoms with E-state index in [2.05, 4.69) is 13.0 Å².